The highest BCUT2D eigenvalue weighted by atomic mass is 127. The molecule has 1 heterocycles. The number of amides is 1. The third-order valence-corrected chi connectivity index (χ3v) is 5.29. The lowest BCUT2D eigenvalue weighted by molar-refractivity contribution is -0.129. The van der Waals surface area contributed by atoms with Crippen LogP contribution in [0.3, 0.4) is 0 Å². The molecule has 3 aromatic rings. The molecule has 0 atom stereocenters. The molecule has 0 radical (unpaired) electrons. The number of nitrogens with one attached hydrogen (secondary N) is 1. The van der Waals surface area contributed by atoms with E-state index in [0.717, 1.165) is 16.9 Å². The van der Waals surface area contributed by atoms with Gasteiger partial charge in [0.15, 0.2) is 5.70 Å². The lowest BCUT2D eigenvalue weighted by atomic mass is 10.2. The van der Waals surface area contributed by atoms with E-state index in [0.29, 0.717) is 17.9 Å². The van der Waals surface area contributed by atoms with Crippen molar-refractivity contribution in [3.8, 4) is 5.75 Å². The predicted molar refractivity (Wildman–Crippen MR) is 131 cm³/mol. The Kier molecular flexibility index (Phi) is 6.65. The lowest BCUT2D eigenvalue weighted by Crippen LogP contribution is -2.07. The van der Waals surface area contributed by atoms with Crippen molar-refractivity contribution < 1.29 is 19.1 Å². The Morgan fingerprint density at radius 3 is 2.38 bits per heavy atom. The number of rotatable bonds is 6. The van der Waals surface area contributed by atoms with Gasteiger partial charge in [0.1, 0.15) is 12.4 Å². The second-order valence-electron chi connectivity index (χ2n) is 7.08. The Labute approximate surface area is 199 Å². The number of hydrogen-bond acceptors (Lipinski definition) is 5. The quantitative estimate of drug-likeness (QED) is 0.267. The maximum Gasteiger partial charge on any atom is 0.363 e. The molecule has 0 fully saturated rings. The molecule has 7 heteroatoms. The van der Waals surface area contributed by atoms with E-state index in [9.17, 15) is 9.59 Å². The number of hydrogen-bond donors (Lipinski definition) is 1. The number of anilines is 1. The van der Waals surface area contributed by atoms with Gasteiger partial charge in [-0.1, -0.05) is 24.3 Å². The van der Waals surface area contributed by atoms with Gasteiger partial charge < -0.3 is 14.8 Å². The van der Waals surface area contributed by atoms with Crippen molar-refractivity contribution in [1.29, 1.82) is 0 Å². The summed E-state index contributed by atoms with van der Waals surface area (Å²) in [5.74, 6) is 0.306. The highest BCUT2D eigenvalue weighted by Gasteiger charge is 2.24. The summed E-state index contributed by atoms with van der Waals surface area (Å²) >= 11 is 2.27. The SMILES string of the molecule is CC(=O)Nc1ccc(C2=N/C(=C\c3ccc(OCc4ccc(I)cc4)cc3)C(=O)O2)cc1. The van der Waals surface area contributed by atoms with Crippen LogP contribution >= 0.6 is 22.6 Å². The van der Waals surface area contributed by atoms with E-state index in [-0.39, 0.29) is 17.5 Å². The molecule has 32 heavy (non-hydrogen) atoms. The first-order valence-corrected chi connectivity index (χ1v) is 10.9. The molecule has 0 saturated carbocycles. The lowest BCUT2D eigenvalue weighted by Gasteiger charge is -2.06. The van der Waals surface area contributed by atoms with Crippen LogP contribution in [0.2, 0.25) is 0 Å². The molecule has 1 aliphatic heterocycles. The average Bonchev–Trinajstić information content (AvgIpc) is 3.14. The third kappa shape index (κ3) is 5.61. The highest BCUT2D eigenvalue weighted by Crippen LogP contribution is 2.22. The summed E-state index contributed by atoms with van der Waals surface area (Å²) < 4.78 is 12.3. The normalized spacial score (nSPS) is 14.1. The van der Waals surface area contributed by atoms with E-state index in [4.69, 9.17) is 9.47 Å². The topological polar surface area (TPSA) is 77.0 Å². The Morgan fingerprint density at radius 1 is 1.03 bits per heavy atom. The molecule has 1 aliphatic rings. The fourth-order valence-corrected chi connectivity index (χ4v) is 3.36. The maximum absolute atomic E-state index is 12.2. The second kappa shape index (κ2) is 9.78. The molecule has 1 N–H and O–H groups in total. The van der Waals surface area contributed by atoms with Crippen LogP contribution in [-0.4, -0.2) is 17.8 Å². The number of benzene rings is 3. The van der Waals surface area contributed by atoms with Crippen molar-refractivity contribution in [2.45, 2.75) is 13.5 Å². The van der Waals surface area contributed by atoms with Crippen LogP contribution in [0.5, 0.6) is 5.75 Å². The number of nitrogens with zero attached hydrogens (tertiary/aromatic N) is 1. The zero-order chi connectivity index (χ0) is 22.5. The number of ether oxygens (including phenoxy) is 2. The van der Waals surface area contributed by atoms with Crippen LogP contribution in [0.15, 0.2) is 83.5 Å². The molecule has 3 aromatic carbocycles. The van der Waals surface area contributed by atoms with Crippen molar-refractivity contribution in [2.24, 2.45) is 4.99 Å². The van der Waals surface area contributed by atoms with Gasteiger partial charge in [0, 0.05) is 21.7 Å². The van der Waals surface area contributed by atoms with Crippen molar-refractivity contribution in [1.82, 2.24) is 0 Å². The smallest absolute Gasteiger partial charge is 0.363 e. The van der Waals surface area contributed by atoms with Crippen LogP contribution in [-0.2, 0) is 20.9 Å². The third-order valence-electron chi connectivity index (χ3n) is 4.57. The van der Waals surface area contributed by atoms with Crippen LogP contribution < -0.4 is 10.1 Å². The minimum absolute atomic E-state index is 0.154. The molecule has 1 amide bonds. The Morgan fingerprint density at radius 2 is 1.72 bits per heavy atom. The summed E-state index contributed by atoms with van der Waals surface area (Å²) in [4.78, 5) is 27.7. The Hall–Kier alpha value is -3.46. The molecular weight excluding hydrogens is 519 g/mol. The van der Waals surface area contributed by atoms with E-state index in [1.807, 2.05) is 48.5 Å². The first-order valence-electron chi connectivity index (χ1n) is 9.84. The summed E-state index contributed by atoms with van der Waals surface area (Å²) in [5, 5.41) is 2.69. The molecule has 6 nitrogen and oxygen atoms in total. The van der Waals surface area contributed by atoms with Crippen molar-refractivity contribution >= 4 is 52.1 Å². The van der Waals surface area contributed by atoms with Crippen molar-refractivity contribution in [2.75, 3.05) is 5.32 Å². The summed E-state index contributed by atoms with van der Waals surface area (Å²) in [7, 11) is 0. The van der Waals surface area contributed by atoms with Gasteiger partial charge in [-0.2, -0.15) is 0 Å². The second-order valence-corrected chi connectivity index (χ2v) is 8.32. The van der Waals surface area contributed by atoms with E-state index < -0.39 is 5.97 Å². The van der Waals surface area contributed by atoms with Crippen LogP contribution in [0.4, 0.5) is 5.69 Å². The summed E-state index contributed by atoms with van der Waals surface area (Å²) in [5.41, 5.74) is 3.43. The number of carbonyl (C=O) groups excluding carboxylic acids is 2. The minimum Gasteiger partial charge on any atom is -0.489 e. The Balaban J connectivity index is 1.42. The number of cyclic esters (lactones) is 1. The summed E-state index contributed by atoms with van der Waals surface area (Å²) in [6.07, 6.45) is 1.67. The molecular formula is C25H19IN2O4. The molecule has 0 bridgehead atoms. The van der Waals surface area contributed by atoms with Gasteiger partial charge in [0.2, 0.25) is 11.8 Å². The molecule has 0 aliphatic carbocycles. The Bertz CT molecular complexity index is 1200. The van der Waals surface area contributed by atoms with E-state index in [1.165, 1.54) is 10.5 Å². The average molecular weight is 538 g/mol. The van der Waals surface area contributed by atoms with Crippen molar-refractivity contribution in [3.63, 3.8) is 0 Å². The zero-order valence-corrected chi connectivity index (χ0v) is 19.3. The first-order chi connectivity index (χ1) is 15.5. The zero-order valence-electron chi connectivity index (χ0n) is 17.2. The molecule has 0 saturated heterocycles. The number of halogens is 1. The van der Waals surface area contributed by atoms with E-state index >= 15 is 0 Å². The first kappa shape index (κ1) is 21.8. The largest absolute Gasteiger partial charge is 0.489 e. The predicted octanol–water partition coefficient (Wildman–Crippen LogP) is 5.17. The monoisotopic (exact) mass is 538 g/mol. The van der Waals surface area contributed by atoms with Gasteiger partial charge in [0.05, 0.1) is 0 Å². The molecule has 0 unspecified atom stereocenters. The minimum atomic E-state index is -0.509. The molecule has 4 rings (SSSR count). The fourth-order valence-electron chi connectivity index (χ4n) is 3.00. The number of carbonyl (C=O) groups is 2. The summed E-state index contributed by atoms with van der Waals surface area (Å²) in [6.45, 7) is 1.92. The van der Waals surface area contributed by atoms with Gasteiger partial charge in [-0.3, -0.25) is 4.79 Å². The van der Waals surface area contributed by atoms with E-state index in [1.54, 1.807) is 30.3 Å². The van der Waals surface area contributed by atoms with E-state index in [2.05, 4.69) is 32.9 Å². The van der Waals surface area contributed by atoms with Gasteiger partial charge in [0.25, 0.3) is 0 Å². The number of esters is 1. The molecule has 160 valence electrons. The van der Waals surface area contributed by atoms with Gasteiger partial charge in [-0.05, 0) is 88.3 Å². The van der Waals surface area contributed by atoms with Gasteiger partial charge in [-0.25, -0.2) is 9.79 Å². The maximum atomic E-state index is 12.2. The highest BCUT2D eigenvalue weighted by molar-refractivity contribution is 14.1. The van der Waals surface area contributed by atoms with Crippen LogP contribution in [0.1, 0.15) is 23.6 Å². The number of aliphatic imine (C=N–C) groups is 1. The van der Waals surface area contributed by atoms with Crippen LogP contribution in [0.25, 0.3) is 6.08 Å². The fraction of sp³-hybridized carbons (Fsp3) is 0.0800. The molecule has 0 spiro atoms. The van der Waals surface area contributed by atoms with Gasteiger partial charge >= 0.3 is 5.97 Å². The standard InChI is InChI=1S/C25H19IN2O4/c1-16(29)27-21-10-6-19(7-11-21)24-28-23(25(30)32-24)14-17-4-12-22(13-5-17)31-15-18-2-8-20(26)9-3-18/h2-14H,15H2,1H3,(H,27,29)/b23-14-. The van der Waals surface area contributed by atoms with Gasteiger partial charge in [-0.15, -0.1) is 0 Å². The van der Waals surface area contributed by atoms with Crippen molar-refractivity contribution in [3.05, 3.63) is 98.8 Å². The summed E-state index contributed by atoms with van der Waals surface area (Å²) in [6, 6.07) is 22.5. The van der Waals surface area contributed by atoms with Crippen LogP contribution in [0, 0.1) is 3.57 Å². The molecule has 0 aromatic heterocycles.